The molecule has 1 aromatic carbocycles. The number of hydrogen-bond donors (Lipinski definition) is 2. The summed E-state index contributed by atoms with van der Waals surface area (Å²) in [6, 6.07) is 6.94. The van der Waals surface area contributed by atoms with Gasteiger partial charge in [-0.05, 0) is 30.0 Å². The molecule has 0 aliphatic rings. The molecular weight excluding hydrogens is 284 g/mol. The van der Waals surface area contributed by atoms with Crippen LogP contribution >= 0.6 is 0 Å². The Labute approximate surface area is 129 Å². The predicted molar refractivity (Wildman–Crippen MR) is 89.4 cm³/mol. The first-order chi connectivity index (χ1) is 9.89. The van der Waals surface area contributed by atoms with Crippen LogP contribution < -0.4 is 10.5 Å². The molecule has 0 saturated carbocycles. The highest BCUT2D eigenvalue weighted by Gasteiger charge is 2.10. The molecule has 0 aliphatic carbocycles. The summed E-state index contributed by atoms with van der Waals surface area (Å²) >= 11 is 0. The Balaban J connectivity index is 2.19. The van der Waals surface area contributed by atoms with Crippen LogP contribution in [-0.2, 0) is 15.8 Å². The quantitative estimate of drug-likeness (QED) is 0.514. The van der Waals surface area contributed by atoms with E-state index in [1.54, 1.807) is 24.3 Å². The molecule has 0 aliphatic heterocycles. The van der Waals surface area contributed by atoms with E-state index < -0.39 is 10.0 Å². The van der Waals surface area contributed by atoms with Gasteiger partial charge in [0.1, 0.15) is 0 Å². The van der Waals surface area contributed by atoms with Crippen molar-refractivity contribution in [2.45, 2.75) is 51.7 Å². The van der Waals surface area contributed by atoms with Crippen LogP contribution in [0.3, 0.4) is 0 Å². The van der Waals surface area contributed by atoms with Gasteiger partial charge >= 0.3 is 0 Å². The van der Waals surface area contributed by atoms with Crippen LogP contribution in [0, 0.1) is 5.92 Å². The standard InChI is InChI=1S/C16H28N2O2S/c1-14(2)7-5-3-4-6-12-18-21(19,20)13-15-8-10-16(17)11-9-15/h8-11,14,18H,3-7,12-13,17H2,1-2H3. The van der Waals surface area contributed by atoms with Gasteiger partial charge < -0.3 is 5.73 Å². The molecule has 0 fully saturated rings. The van der Waals surface area contributed by atoms with Crippen LogP contribution in [0.25, 0.3) is 0 Å². The summed E-state index contributed by atoms with van der Waals surface area (Å²) in [4.78, 5) is 0. The lowest BCUT2D eigenvalue weighted by molar-refractivity contribution is 0.517. The fraction of sp³-hybridized carbons (Fsp3) is 0.625. The monoisotopic (exact) mass is 312 g/mol. The molecule has 0 radical (unpaired) electrons. The molecule has 0 aromatic heterocycles. The highest BCUT2D eigenvalue weighted by Crippen LogP contribution is 2.10. The van der Waals surface area contributed by atoms with E-state index in [1.165, 1.54) is 19.3 Å². The number of anilines is 1. The summed E-state index contributed by atoms with van der Waals surface area (Å²) in [6.45, 7) is 4.98. The molecule has 0 heterocycles. The Hall–Kier alpha value is -1.07. The Kier molecular flexibility index (Phi) is 7.75. The van der Waals surface area contributed by atoms with Gasteiger partial charge in [0.15, 0.2) is 0 Å². The van der Waals surface area contributed by atoms with Crippen molar-refractivity contribution in [1.29, 1.82) is 0 Å². The van der Waals surface area contributed by atoms with E-state index in [-0.39, 0.29) is 5.75 Å². The Morgan fingerprint density at radius 2 is 1.67 bits per heavy atom. The zero-order chi connectivity index (χ0) is 15.7. The minimum absolute atomic E-state index is 0.0145. The highest BCUT2D eigenvalue weighted by atomic mass is 32.2. The van der Waals surface area contributed by atoms with Crippen molar-refractivity contribution in [2.24, 2.45) is 5.92 Å². The van der Waals surface area contributed by atoms with Crippen molar-refractivity contribution >= 4 is 15.7 Å². The minimum atomic E-state index is -3.24. The van der Waals surface area contributed by atoms with Gasteiger partial charge in [-0.3, -0.25) is 0 Å². The van der Waals surface area contributed by atoms with Crippen molar-refractivity contribution in [3.05, 3.63) is 29.8 Å². The Bertz CT molecular complexity index is 496. The molecule has 0 amide bonds. The SMILES string of the molecule is CC(C)CCCCCCNS(=O)(=O)Cc1ccc(N)cc1. The van der Waals surface area contributed by atoms with Crippen molar-refractivity contribution in [2.75, 3.05) is 12.3 Å². The average molecular weight is 312 g/mol. The molecule has 3 N–H and O–H groups in total. The molecule has 5 heteroatoms. The third-order valence-corrected chi connectivity index (χ3v) is 4.72. The van der Waals surface area contributed by atoms with Gasteiger partial charge in [-0.25, -0.2) is 13.1 Å². The van der Waals surface area contributed by atoms with Gasteiger partial charge in [0.25, 0.3) is 0 Å². The number of benzene rings is 1. The van der Waals surface area contributed by atoms with Crippen LogP contribution in [0.1, 0.15) is 51.5 Å². The fourth-order valence-corrected chi connectivity index (χ4v) is 3.33. The first-order valence-electron chi connectivity index (χ1n) is 7.71. The van der Waals surface area contributed by atoms with E-state index >= 15 is 0 Å². The largest absolute Gasteiger partial charge is 0.399 e. The second-order valence-electron chi connectivity index (χ2n) is 5.99. The van der Waals surface area contributed by atoms with Crippen LogP contribution in [0.4, 0.5) is 5.69 Å². The molecule has 0 atom stereocenters. The van der Waals surface area contributed by atoms with E-state index in [0.29, 0.717) is 12.2 Å². The summed E-state index contributed by atoms with van der Waals surface area (Å²) in [5.41, 5.74) is 6.98. The zero-order valence-corrected chi connectivity index (χ0v) is 14.0. The average Bonchev–Trinajstić information content (AvgIpc) is 2.39. The topological polar surface area (TPSA) is 72.2 Å². The highest BCUT2D eigenvalue weighted by molar-refractivity contribution is 7.88. The number of rotatable bonds is 10. The molecule has 120 valence electrons. The maximum Gasteiger partial charge on any atom is 0.215 e. The molecule has 21 heavy (non-hydrogen) atoms. The minimum Gasteiger partial charge on any atom is -0.399 e. The molecule has 1 rings (SSSR count). The van der Waals surface area contributed by atoms with Crippen molar-refractivity contribution in [1.82, 2.24) is 4.72 Å². The van der Waals surface area contributed by atoms with Gasteiger partial charge in [0.05, 0.1) is 5.75 Å². The fourth-order valence-electron chi connectivity index (χ4n) is 2.14. The maximum atomic E-state index is 11.9. The maximum absolute atomic E-state index is 11.9. The summed E-state index contributed by atoms with van der Waals surface area (Å²) < 4.78 is 26.5. The van der Waals surface area contributed by atoms with E-state index in [2.05, 4.69) is 18.6 Å². The van der Waals surface area contributed by atoms with E-state index in [9.17, 15) is 8.42 Å². The van der Waals surface area contributed by atoms with Crippen molar-refractivity contribution < 1.29 is 8.42 Å². The number of unbranched alkanes of at least 4 members (excludes halogenated alkanes) is 3. The van der Waals surface area contributed by atoms with Crippen LogP contribution in [0.5, 0.6) is 0 Å². The Morgan fingerprint density at radius 3 is 2.29 bits per heavy atom. The molecule has 1 aromatic rings. The van der Waals surface area contributed by atoms with Gasteiger partial charge in [0.2, 0.25) is 10.0 Å². The summed E-state index contributed by atoms with van der Waals surface area (Å²) in [6.07, 6.45) is 5.65. The molecule has 0 saturated heterocycles. The molecule has 0 spiro atoms. The molecular formula is C16H28N2O2S. The van der Waals surface area contributed by atoms with Crippen molar-refractivity contribution in [3.8, 4) is 0 Å². The molecule has 0 unspecified atom stereocenters. The van der Waals surface area contributed by atoms with Crippen LogP contribution in [0.15, 0.2) is 24.3 Å². The Morgan fingerprint density at radius 1 is 1.05 bits per heavy atom. The van der Waals surface area contributed by atoms with E-state index in [4.69, 9.17) is 5.73 Å². The van der Waals surface area contributed by atoms with E-state index in [0.717, 1.165) is 24.3 Å². The first kappa shape index (κ1) is 18.0. The molecule has 4 nitrogen and oxygen atoms in total. The number of hydrogen-bond acceptors (Lipinski definition) is 3. The van der Waals surface area contributed by atoms with E-state index in [1.807, 2.05) is 0 Å². The number of nitrogen functional groups attached to an aromatic ring is 1. The van der Waals surface area contributed by atoms with Gasteiger partial charge in [-0.1, -0.05) is 51.7 Å². The second-order valence-corrected chi connectivity index (χ2v) is 7.80. The van der Waals surface area contributed by atoms with Gasteiger partial charge in [-0.2, -0.15) is 0 Å². The summed E-state index contributed by atoms with van der Waals surface area (Å²) in [5, 5.41) is 0. The van der Waals surface area contributed by atoms with Crippen LogP contribution in [-0.4, -0.2) is 15.0 Å². The lowest BCUT2D eigenvalue weighted by Crippen LogP contribution is -2.26. The number of nitrogens with one attached hydrogen (secondary N) is 1. The van der Waals surface area contributed by atoms with Gasteiger partial charge in [0, 0.05) is 12.2 Å². The third-order valence-electron chi connectivity index (χ3n) is 3.37. The van der Waals surface area contributed by atoms with Crippen LogP contribution in [0.2, 0.25) is 0 Å². The predicted octanol–water partition coefficient (Wildman–Crippen LogP) is 3.29. The third kappa shape index (κ3) is 8.73. The smallest absolute Gasteiger partial charge is 0.215 e. The number of sulfonamides is 1. The second kappa shape index (κ2) is 9.05. The van der Waals surface area contributed by atoms with Crippen molar-refractivity contribution in [3.63, 3.8) is 0 Å². The van der Waals surface area contributed by atoms with Gasteiger partial charge in [-0.15, -0.1) is 0 Å². The number of nitrogens with two attached hydrogens (primary N) is 1. The lowest BCUT2D eigenvalue weighted by atomic mass is 10.0. The zero-order valence-electron chi connectivity index (χ0n) is 13.1. The first-order valence-corrected chi connectivity index (χ1v) is 9.36. The normalized spacial score (nSPS) is 12.0. The molecule has 0 bridgehead atoms. The summed E-state index contributed by atoms with van der Waals surface area (Å²) in [5.74, 6) is 0.768. The summed E-state index contributed by atoms with van der Waals surface area (Å²) in [7, 11) is -3.24. The lowest BCUT2D eigenvalue weighted by Gasteiger charge is -2.07.